The Morgan fingerprint density at radius 1 is 0.266 bits per heavy atom. The number of hydrogen-bond donors (Lipinski definition) is 0. The summed E-state index contributed by atoms with van der Waals surface area (Å²) in [6.07, 6.45) is 94.2. The zero-order chi connectivity index (χ0) is 57.1. The molecular weight excluding hydrogens is 973 g/mol. The summed E-state index contributed by atoms with van der Waals surface area (Å²) in [5.74, 6) is -0.953. The zero-order valence-electron chi connectivity index (χ0n) is 51.1. The van der Waals surface area contributed by atoms with Gasteiger partial charge in [-0.1, -0.05) is 263 Å². The molecule has 6 heteroatoms. The summed E-state index contributed by atoms with van der Waals surface area (Å²) in [4.78, 5) is 38.3. The van der Waals surface area contributed by atoms with Crippen LogP contribution in [-0.2, 0) is 28.6 Å². The van der Waals surface area contributed by atoms with Crippen molar-refractivity contribution in [2.45, 2.75) is 284 Å². The highest BCUT2D eigenvalue weighted by Gasteiger charge is 2.19. The minimum atomic E-state index is -0.808. The van der Waals surface area contributed by atoms with Crippen molar-refractivity contribution in [1.29, 1.82) is 0 Å². The summed E-state index contributed by atoms with van der Waals surface area (Å²) in [5.41, 5.74) is 0. The lowest BCUT2D eigenvalue weighted by atomic mass is 10.1. The third-order valence-corrected chi connectivity index (χ3v) is 13.3. The number of esters is 3. The first kappa shape index (κ1) is 74.3. The van der Waals surface area contributed by atoms with Gasteiger partial charge in [-0.2, -0.15) is 0 Å². The molecule has 0 aliphatic carbocycles. The maximum absolute atomic E-state index is 12.9. The molecule has 79 heavy (non-hydrogen) atoms. The van der Waals surface area contributed by atoms with Crippen molar-refractivity contribution >= 4 is 17.9 Å². The SMILES string of the molecule is CC/C=C\C/C=C\C/C=C\C/C=C\C/C=C\C/C=C\CCCCCCCCCCC(=O)OCC(COC(=O)CCCCC/C=C\C/C=C\C/C=C\CC)OC(=O)CCCCCCCC/C=C\C/C=C\C/C=C\CCCCCCC. The normalized spacial score (nSPS) is 13.1. The van der Waals surface area contributed by atoms with Gasteiger partial charge in [0.05, 0.1) is 0 Å². The monoisotopic (exact) mass is 1090 g/mol. The highest BCUT2D eigenvalue weighted by atomic mass is 16.6. The molecule has 0 amide bonds. The van der Waals surface area contributed by atoms with Crippen LogP contribution in [0.25, 0.3) is 0 Å². The Balaban J connectivity index is 4.41. The van der Waals surface area contributed by atoms with Gasteiger partial charge in [0.15, 0.2) is 6.10 Å². The molecular formula is C73H118O6. The molecule has 0 heterocycles. The Morgan fingerprint density at radius 2 is 0.494 bits per heavy atom. The van der Waals surface area contributed by atoms with Gasteiger partial charge in [-0.3, -0.25) is 14.4 Å². The van der Waals surface area contributed by atoms with E-state index in [0.29, 0.717) is 19.3 Å². The maximum Gasteiger partial charge on any atom is 0.306 e. The Bertz CT molecular complexity index is 1730. The molecule has 0 aliphatic rings. The Morgan fingerprint density at radius 3 is 0.785 bits per heavy atom. The lowest BCUT2D eigenvalue weighted by molar-refractivity contribution is -0.167. The molecule has 0 aromatic carbocycles. The first-order chi connectivity index (χ1) is 39.0. The van der Waals surface area contributed by atoms with Crippen LogP contribution in [0.15, 0.2) is 146 Å². The van der Waals surface area contributed by atoms with Crippen LogP contribution in [0, 0.1) is 0 Å². The molecule has 1 atom stereocenters. The number of allylic oxidation sites excluding steroid dienone is 24. The average Bonchev–Trinajstić information content (AvgIpc) is 3.45. The van der Waals surface area contributed by atoms with E-state index >= 15 is 0 Å². The molecule has 0 spiro atoms. The molecule has 0 radical (unpaired) electrons. The minimum Gasteiger partial charge on any atom is -0.462 e. The second-order valence-electron chi connectivity index (χ2n) is 20.9. The molecule has 0 N–H and O–H groups in total. The molecule has 0 aliphatic heterocycles. The van der Waals surface area contributed by atoms with Gasteiger partial charge in [0, 0.05) is 19.3 Å². The third-order valence-electron chi connectivity index (χ3n) is 13.3. The van der Waals surface area contributed by atoms with Gasteiger partial charge in [-0.25, -0.2) is 0 Å². The zero-order valence-corrected chi connectivity index (χ0v) is 51.1. The third kappa shape index (κ3) is 64.0. The standard InChI is InChI=1S/C73H118O6/c1-4-7-10-13-16-19-22-25-27-29-31-33-34-35-36-37-38-40-41-43-45-48-51-54-57-60-63-66-72(75)78-69-70(68-77-71(74)65-62-59-56-53-50-47-24-21-18-15-12-9-6-3)79-73(76)67-64-61-58-55-52-49-46-44-42-39-32-30-28-26-23-20-17-14-11-8-5-2/h7,9-10,12,16,18-19,21,23,25-27,30-33,35-36,38,40,42,44,47,50,70H,4-6,8,11,13-15,17,20,22,24,28-29,34,37,39,41,43,45-46,48-49,51-69H2,1-3H3/b10-7-,12-9-,19-16-,21-18-,26-23-,27-25-,32-30-,33-31-,36-35-,40-38-,44-42-,50-47-. The lowest BCUT2D eigenvalue weighted by Crippen LogP contribution is -2.30. The molecule has 0 saturated heterocycles. The number of carbonyl (C=O) groups excluding carboxylic acids is 3. The predicted octanol–water partition coefficient (Wildman–Crippen LogP) is 22.3. The number of unbranched alkanes of at least 4 members (excludes halogenated alkanes) is 22. The van der Waals surface area contributed by atoms with Crippen LogP contribution in [0.1, 0.15) is 278 Å². The van der Waals surface area contributed by atoms with Gasteiger partial charge in [-0.15, -0.1) is 0 Å². The van der Waals surface area contributed by atoms with E-state index in [-0.39, 0.29) is 31.1 Å². The molecule has 0 aromatic rings. The van der Waals surface area contributed by atoms with Crippen molar-refractivity contribution < 1.29 is 28.6 Å². The second kappa shape index (κ2) is 65.8. The Labute approximate surface area is 487 Å². The van der Waals surface area contributed by atoms with Crippen molar-refractivity contribution in [3.05, 3.63) is 146 Å². The Hall–Kier alpha value is -4.71. The van der Waals surface area contributed by atoms with E-state index in [1.165, 1.54) is 83.5 Å². The molecule has 1 unspecified atom stereocenters. The van der Waals surface area contributed by atoms with E-state index < -0.39 is 6.10 Å². The van der Waals surface area contributed by atoms with E-state index in [1.54, 1.807) is 0 Å². The van der Waals surface area contributed by atoms with Crippen LogP contribution in [0.5, 0.6) is 0 Å². The molecule has 0 bridgehead atoms. The van der Waals surface area contributed by atoms with Gasteiger partial charge >= 0.3 is 17.9 Å². The van der Waals surface area contributed by atoms with Crippen molar-refractivity contribution in [2.24, 2.45) is 0 Å². The quantitative estimate of drug-likeness (QED) is 0.0261. The number of ether oxygens (including phenoxy) is 3. The molecule has 0 rings (SSSR count). The van der Waals surface area contributed by atoms with Gasteiger partial charge < -0.3 is 14.2 Å². The first-order valence-corrected chi connectivity index (χ1v) is 32.3. The van der Waals surface area contributed by atoms with Gasteiger partial charge in [-0.05, 0) is 141 Å². The van der Waals surface area contributed by atoms with E-state index in [9.17, 15) is 14.4 Å². The summed E-state index contributed by atoms with van der Waals surface area (Å²) in [6.45, 7) is 6.36. The Kier molecular flexibility index (Phi) is 61.9. The predicted molar refractivity (Wildman–Crippen MR) is 343 cm³/mol. The fraction of sp³-hybridized carbons (Fsp3) is 0.630. The van der Waals surface area contributed by atoms with Gasteiger partial charge in [0.1, 0.15) is 13.2 Å². The van der Waals surface area contributed by atoms with Crippen molar-refractivity contribution in [1.82, 2.24) is 0 Å². The molecule has 0 aromatic heterocycles. The molecule has 6 nitrogen and oxygen atoms in total. The topological polar surface area (TPSA) is 78.9 Å². The maximum atomic E-state index is 12.9. The van der Waals surface area contributed by atoms with Crippen LogP contribution < -0.4 is 0 Å². The molecule has 0 fully saturated rings. The van der Waals surface area contributed by atoms with E-state index in [1.807, 2.05) is 0 Å². The molecule has 0 saturated carbocycles. The minimum absolute atomic E-state index is 0.102. The van der Waals surface area contributed by atoms with Crippen LogP contribution in [0.2, 0.25) is 0 Å². The summed E-state index contributed by atoms with van der Waals surface area (Å²) in [5, 5.41) is 0. The van der Waals surface area contributed by atoms with Crippen LogP contribution in [0.3, 0.4) is 0 Å². The van der Waals surface area contributed by atoms with Crippen molar-refractivity contribution in [3.8, 4) is 0 Å². The smallest absolute Gasteiger partial charge is 0.306 e. The fourth-order valence-corrected chi connectivity index (χ4v) is 8.53. The first-order valence-electron chi connectivity index (χ1n) is 32.3. The summed E-state index contributed by atoms with van der Waals surface area (Å²) >= 11 is 0. The van der Waals surface area contributed by atoms with Crippen molar-refractivity contribution in [2.75, 3.05) is 13.2 Å². The summed E-state index contributed by atoms with van der Waals surface area (Å²) in [6, 6.07) is 0. The van der Waals surface area contributed by atoms with Crippen LogP contribution in [0.4, 0.5) is 0 Å². The van der Waals surface area contributed by atoms with Crippen molar-refractivity contribution in [3.63, 3.8) is 0 Å². The van der Waals surface area contributed by atoms with Gasteiger partial charge in [0.2, 0.25) is 0 Å². The number of carbonyl (C=O) groups is 3. The second-order valence-corrected chi connectivity index (χ2v) is 20.9. The highest BCUT2D eigenvalue weighted by Crippen LogP contribution is 2.14. The highest BCUT2D eigenvalue weighted by molar-refractivity contribution is 5.71. The largest absolute Gasteiger partial charge is 0.462 e. The summed E-state index contributed by atoms with van der Waals surface area (Å²) < 4.78 is 16.9. The van der Waals surface area contributed by atoms with E-state index in [2.05, 4.69) is 167 Å². The lowest BCUT2D eigenvalue weighted by Gasteiger charge is -2.18. The number of rotatable bonds is 57. The van der Waals surface area contributed by atoms with Crippen LogP contribution >= 0.6 is 0 Å². The number of hydrogen-bond acceptors (Lipinski definition) is 6. The van der Waals surface area contributed by atoms with E-state index in [0.717, 1.165) is 154 Å². The fourth-order valence-electron chi connectivity index (χ4n) is 8.53. The van der Waals surface area contributed by atoms with E-state index in [4.69, 9.17) is 14.2 Å². The molecule has 446 valence electrons. The van der Waals surface area contributed by atoms with Gasteiger partial charge in [0.25, 0.3) is 0 Å². The summed E-state index contributed by atoms with van der Waals surface area (Å²) in [7, 11) is 0. The average molecular weight is 1090 g/mol. The van der Waals surface area contributed by atoms with Crippen LogP contribution in [-0.4, -0.2) is 37.2 Å².